The van der Waals surface area contributed by atoms with Crippen LogP contribution in [-0.4, -0.2) is 30.6 Å². The minimum Gasteiger partial charge on any atom is -0.327 e. The molecular weight excluding hydrogens is 220 g/mol. The summed E-state index contributed by atoms with van der Waals surface area (Å²) in [6.07, 6.45) is 3.73. The first-order chi connectivity index (χ1) is 8.32. The summed E-state index contributed by atoms with van der Waals surface area (Å²) in [5.74, 6) is 2.19. The minimum atomic E-state index is 0.352. The topological polar surface area (TPSA) is 29.3 Å². The number of rotatable bonds is 10. The Bertz CT molecular complexity index is 176. The van der Waals surface area contributed by atoms with Gasteiger partial charge in [-0.25, -0.2) is 0 Å². The monoisotopic (exact) mass is 256 g/mol. The van der Waals surface area contributed by atoms with E-state index in [2.05, 4.69) is 46.4 Å². The maximum atomic E-state index is 6.15. The summed E-state index contributed by atoms with van der Waals surface area (Å²) in [7, 11) is 0. The molecule has 0 aliphatic heterocycles. The number of hydrogen-bond donors (Lipinski definition) is 1. The van der Waals surface area contributed by atoms with Crippen molar-refractivity contribution >= 4 is 0 Å². The molecule has 0 rings (SSSR count). The van der Waals surface area contributed by atoms with Gasteiger partial charge in [-0.05, 0) is 56.7 Å². The van der Waals surface area contributed by atoms with E-state index in [4.69, 9.17) is 5.73 Å². The molecule has 18 heavy (non-hydrogen) atoms. The Labute approximate surface area is 115 Å². The maximum Gasteiger partial charge on any atom is 0.00740 e. The highest BCUT2D eigenvalue weighted by molar-refractivity contribution is 4.69. The molecule has 0 saturated carbocycles. The van der Waals surface area contributed by atoms with E-state index in [0.717, 1.165) is 18.3 Å². The molecule has 110 valence electrons. The molecule has 0 aromatic carbocycles. The molecule has 2 nitrogen and oxygen atoms in total. The van der Waals surface area contributed by atoms with Crippen LogP contribution in [0.25, 0.3) is 0 Å². The van der Waals surface area contributed by atoms with E-state index in [1.165, 1.54) is 32.5 Å². The van der Waals surface area contributed by atoms with Crippen LogP contribution in [0.1, 0.15) is 60.8 Å². The van der Waals surface area contributed by atoms with Crippen LogP contribution in [-0.2, 0) is 0 Å². The first-order valence-corrected chi connectivity index (χ1v) is 7.80. The van der Waals surface area contributed by atoms with Gasteiger partial charge in [0.1, 0.15) is 0 Å². The zero-order valence-corrected chi connectivity index (χ0v) is 13.6. The van der Waals surface area contributed by atoms with Crippen molar-refractivity contribution in [2.75, 3.05) is 19.6 Å². The second-order valence-electron chi connectivity index (χ2n) is 6.90. The van der Waals surface area contributed by atoms with E-state index in [-0.39, 0.29) is 0 Å². The summed E-state index contributed by atoms with van der Waals surface area (Å²) in [6, 6.07) is 0.352. The van der Waals surface area contributed by atoms with Crippen LogP contribution in [0.15, 0.2) is 0 Å². The molecule has 0 spiro atoms. The fourth-order valence-corrected chi connectivity index (χ4v) is 1.88. The highest BCUT2D eigenvalue weighted by Gasteiger charge is 2.12. The Morgan fingerprint density at radius 2 is 1.11 bits per heavy atom. The molecule has 2 heteroatoms. The van der Waals surface area contributed by atoms with Crippen LogP contribution in [0.5, 0.6) is 0 Å². The maximum absolute atomic E-state index is 6.15. The van der Waals surface area contributed by atoms with Gasteiger partial charge in [-0.1, -0.05) is 41.5 Å². The summed E-state index contributed by atoms with van der Waals surface area (Å²) >= 11 is 0. The molecule has 0 bridgehead atoms. The predicted molar refractivity (Wildman–Crippen MR) is 82.8 cm³/mol. The Balaban J connectivity index is 4.03. The van der Waals surface area contributed by atoms with Gasteiger partial charge in [-0.15, -0.1) is 0 Å². The van der Waals surface area contributed by atoms with E-state index >= 15 is 0 Å². The average Bonchev–Trinajstić information content (AvgIpc) is 2.26. The smallest absolute Gasteiger partial charge is 0.00740 e. The minimum absolute atomic E-state index is 0.352. The van der Waals surface area contributed by atoms with Crippen LogP contribution in [0, 0.1) is 17.8 Å². The lowest BCUT2D eigenvalue weighted by Crippen LogP contribution is -2.35. The van der Waals surface area contributed by atoms with E-state index in [1.54, 1.807) is 0 Å². The first kappa shape index (κ1) is 17.9. The molecule has 0 aliphatic rings. The molecule has 0 amide bonds. The molecule has 0 aliphatic carbocycles. The van der Waals surface area contributed by atoms with Crippen molar-refractivity contribution in [2.24, 2.45) is 23.5 Å². The summed E-state index contributed by atoms with van der Waals surface area (Å²) in [4.78, 5) is 2.61. The zero-order chi connectivity index (χ0) is 14.1. The van der Waals surface area contributed by atoms with E-state index in [1.807, 2.05) is 0 Å². The van der Waals surface area contributed by atoms with Gasteiger partial charge in [-0.2, -0.15) is 0 Å². The second-order valence-corrected chi connectivity index (χ2v) is 6.90. The lowest BCUT2D eigenvalue weighted by Gasteiger charge is -2.26. The largest absolute Gasteiger partial charge is 0.327 e. The van der Waals surface area contributed by atoms with Gasteiger partial charge in [0.2, 0.25) is 0 Å². The van der Waals surface area contributed by atoms with Crippen LogP contribution in [0.2, 0.25) is 0 Å². The van der Waals surface area contributed by atoms with Crippen LogP contribution in [0.3, 0.4) is 0 Å². The highest BCUT2D eigenvalue weighted by Crippen LogP contribution is 2.09. The SMILES string of the molecule is CC(C)CCN(CCC(C)C)CCC(N)C(C)C. The van der Waals surface area contributed by atoms with E-state index < -0.39 is 0 Å². The zero-order valence-electron chi connectivity index (χ0n) is 13.6. The molecule has 0 fully saturated rings. The summed E-state index contributed by atoms with van der Waals surface area (Å²) in [5.41, 5.74) is 6.15. The molecule has 1 atom stereocenters. The van der Waals surface area contributed by atoms with Gasteiger partial charge in [0.15, 0.2) is 0 Å². The molecule has 0 saturated heterocycles. The lowest BCUT2D eigenvalue weighted by atomic mass is 10.0. The Hall–Kier alpha value is -0.0800. The highest BCUT2D eigenvalue weighted by atomic mass is 15.1. The standard InChI is InChI=1S/C16H36N2/c1-13(2)7-10-18(11-8-14(3)4)12-9-16(17)15(5)6/h13-16H,7-12,17H2,1-6H3. The third kappa shape index (κ3) is 9.90. The van der Waals surface area contributed by atoms with E-state index in [9.17, 15) is 0 Å². The molecule has 0 radical (unpaired) electrons. The van der Waals surface area contributed by atoms with Crippen molar-refractivity contribution in [2.45, 2.75) is 66.8 Å². The van der Waals surface area contributed by atoms with Gasteiger partial charge >= 0.3 is 0 Å². The quantitative estimate of drug-likeness (QED) is 0.645. The normalized spacial score (nSPS) is 14.2. The fourth-order valence-electron chi connectivity index (χ4n) is 1.88. The van der Waals surface area contributed by atoms with Gasteiger partial charge in [0.05, 0.1) is 0 Å². The van der Waals surface area contributed by atoms with Crippen molar-refractivity contribution in [3.63, 3.8) is 0 Å². The average molecular weight is 256 g/mol. The van der Waals surface area contributed by atoms with Crippen molar-refractivity contribution in [1.29, 1.82) is 0 Å². The molecule has 0 aromatic heterocycles. The van der Waals surface area contributed by atoms with Gasteiger partial charge < -0.3 is 10.6 Å². The lowest BCUT2D eigenvalue weighted by molar-refractivity contribution is 0.229. The van der Waals surface area contributed by atoms with Crippen molar-refractivity contribution < 1.29 is 0 Å². The number of hydrogen-bond acceptors (Lipinski definition) is 2. The van der Waals surface area contributed by atoms with Crippen LogP contribution < -0.4 is 5.73 Å². The summed E-state index contributed by atoms with van der Waals surface area (Å²) < 4.78 is 0. The molecular formula is C16H36N2. The van der Waals surface area contributed by atoms with Crippen molar-refractivity contribution in [1.82, 2.24) is 4.90 Å². The number of nitrogens with zero attached hydrogens (tertiary/aromatic N) is 1. The van der Waals surface area contributed by atoms with Crippen molar-refractivity contribution in [3.8, 4) is 0 Å². The van der Waals surface area contributed by atoms with E-state index in [0.29, 0.717) is 12.0 Å². The van der Waals surface area contributed by atoms with Gasteiger partial charge in [0.25, 0.3) is 0 Å². The predicted octanol–water partition coefficient (Wildman–Crippen LogP) is 3.75. The molecule has 0 aromatic rings. The molecule has 0 heterocycles. The van der Waals surface area contributed by atoms with Crippen LogP contribution >= 0.6 is 0 Å². The molecule has 2 N–H and O–H groups in total. The second kappa shape index (κ2) is 9.80. The first-order valence-electron chi connectivity index (χ1n) is 7.80. The number of nitrogens with two attached hydrogens (primary N) is 1. The Morgan fingerprint density at radius 1 is 0.722 bits per heavy atom. The van der Waals surface area contributed by atoms with Gasteiger partial charge in [0, 0.05) is 6.04 Å². The molecule has 1 unspecified atom stereocenters. The van der Waals surface area contributed by atoms with Gasteiger partial charge in [-0.3, -0.25) is 0 Å². The Kier molecular flexibility index (Phi) is 9.76. The van der Waals surface area contributed by atoms with Crippen LogP contribution in [0.4, 0.5) is 0 Å². The summed E-state index contributed by atoms with van der Waals surface area (Å²) in [6.45, 7) is 17.3. The third-order valence-corrected chi connectivity index (χ3v) is 3.68. The fraction of sp³-hybridized carbons (Fsp3) is 1.00. The van der Waals surface area contributed by atoms with Crippen molar-refractivity contribution in [3.05, 3.63) is 0 Å². The third-order valence-electron chi connectivity index (χ3n) is 3.68. The Morgan fingerprint density at radius 3 is 1.44 bits per heavy atom. The summed E-state index contributed by atoms with van der Waals surface area (Å²) in [5, 5.41) is 0.